The van der Waals surface area contributed by atoms with Gasteiger partial charge in [-0.15, -0.1) is 0 Å². The summed E-state index contributed by atoms with van der Waals surface area (Å²) >= 11 is 0. The van der Waals surface area contributed by atoms with Gasteiger partial charge in [-0.25, -0.2) is 8.42 Å². The van der Waals surface area contributed by atoms with Crippen molar-refractivity contribution in [3.63, 3.8) is 0 Å². The monoisotopic (exact) mass is 312 g/mol. The molecular weight excluding hydrogens is 292 g/mol. The third-order valence-corrected chi connectivity index (χ3v) is 4.83. The van der Waals surface area contributed by atoms with Gasteiger partial charge in [0.2, 0.25) is 15.9 Å². The van der Waals surface area contributed by atoms with Crippen molar-refractivity contribution in [1.29, 1.82) is 0 Å². The highest BCUT2D eigenvalue weighted by atomic mass is 32.2. The van der Waals surface area contributed by atoms with Crippen LogP contribution in [-0.4, -0.2) is 44.6 Å². The molecular formula is C14H20N2O4S. The minimum absolute atomic E-state index is 0.287. The van der Waals surface area contributed by atoms with Crippen molar-refractivity contribution in [3.05, 3.63) is 24.3 Å². The molecule has 2 rings (SSSR count). The fourth-order valence-corrected chi connectivity index (χ4v) is 3.59. The number of ether oxygens (including phenoxy) is 1. The minimum atomic E-state index is -3.37. The number of amides is 1. The average Bonchev–Trinajstić information content (AvgIpc) is 2.47. The van der Waals surface area contributed by atoms with E-state index >= 15 is 0 Å². The van der Waals surface area contributed by atoms with Gasteiger partial charge in [0.15, 0.2) is 0 Å². The van der Waals surface area contributed by atoms with Crippen LogP contribution in [0.4, 0.5) is 5.69 Å². The van der Waals surface area contributed by atoms with E-state index in [-0.39, 0.29) is 5.91 Å². The molecule has 1 aliphatic heterocycles. The highest BCUT2D eigenvalue weighted by molar-refractivity contribution is 7.88. The third kappa shape index (κ3) is 3.95. The molecule has 0 saturated carbocycles. The van der Waals surface area contributed by atoms with Gasteiger partial charge >= 0.3 is 0 Å². The lowest BCUT2D eigenvalue weighted by molar-refractivity contribution is -0.120. The largest absolute Gasteiger partial charge is 0.497 e. The van der Waals surface area contributed by atoms with Gasteiger partial charge in [-0.2, -0.15) is 4.31 Å². The number of carbonyl (C=O) groups is 1. The number of hydrogen-bond acceptors (Lipinski definition) is 4. The molecule has 21 heavy (non-hydrogen) atoms. The predicted octanol–water partition coefficient (Wildman–Crippen LogP) is 1.45. The summed E-state index contributed by atoms with van der Waals surface area (Å²) in [6.45, 7) is 0.402. The van der Waals surface area contributed by atoms with Crippen LogP contribution in [-0.2, 0) is 14.8 Å². The predicted molar refractivity (Wildman–Crippen MR) is 80.8 cm³/mol. The number of sulfonamides is 1. The maximum absolute atomic E-state index is 12.3. The summed E-state index contributed by atoms with van der Waals surface area (Å²) in [5.74, 6) is 0.411. The molecule has 1 amide bonds. The van der Waals surface area contributed by atoms with Crippen molar-refractivity contribution < 1.29 is 17.9 Å². The highest BCUT2D eigenvalue weighted by Crippen LogP contribution is 2.22. The Kier molecular flexibility index (Phi) is 4.84. The first kappa shape index (κ1) is 15.8. The van der Waals surface area contributed by atoms with Crippen LogP contribution in [0.15, 0.2) is 24.3 Å². The molecule has 1 aromatic rings. The molecule has 1 atom stereocenters. The van der Waals surface area contributed by atoms with Crippen molar-refractivity contribution in [2.75, 3.05) is 25.2 Å². The molecule has 7 heteroatoms. The van der Waals surface area contributed by atoms with Gasteiger partial charge in [-0.1, -0.05) is 6.42 Å². The normalized spacial score (nSPS) is 20.0. The molecule has 1 aliphatic rings. The maximum atomic E-state index is 12.3. The molecule has 1 unspecified atom stereocenters. The molecule has 6 nitrogen and oxygen atoms in total. The quantitative estimate of drug-likeness (QED) is 0.913. The van der Waals surface area contributed by atoms with E-state index in [2.05, 4.69) is 5.32 Å². The van der Waals surface area contributed by atoms with Crippen LogP contribution in [0.1, 0.15) is 19.3 Å². The third-order valence-electron chi connectivity index (χ3n) is 3.54. The summed E-state index contributed by atoms with van der Waals surface area (Å²) in [5.41, 5.74) is 0.625. The lowest BCUT2D eigenvalue weighted by atomic mass is 10.0. The van der Waals surface area contributed by atoms with Crippen molar-refractivity contribution >= 4 is 21.6 Å². The summed E-state index contributed by atoms with van der Waals surface area (Å²) in [6.07, 6.45) is 3.34. The molecule has 1 saturated heterocycles. The van der Waals surface area contributed by atoms with Gasteiger partial charge in [0, 0.05) is 12.2 Å². The topological polar surface area (TPSA) is 75.7 Å². The summed E-state index contributed by atoms with van der Waals surface area (Å²) in [5, 5.41) is 2.76. The van der Waals surface area contributed by atoms with E-state index in [9.17, 15) is 13.2 Å². The fourth-order valence-electron chi connectivity index (χ4n) is 2.46. The molecule has 0 aliphatic carbocycles. The van der Waals surface area contributed by atoms with E-state index < -0.39 is 16.1 Å². The number of carbonyl (C=O) groups excluding carboxylic acids is 1. The number of rotatable bonds is 4. The zero-order valence-corrected chi connectivity index (χ0v) is 13.0. The summed E-state index contributed by atoms with van der Waals surface area (Å²) in [4.78, 5) is 12.3. The van der Waals surface area contributed by atoms with Gasteiger partial charge in [-0.3, -0.25) is 4.79 Å². The van der Waals surface area contributed by atoms with Crippen molar-refractivity contribution in [1.82, 2.24) is 4.31 Å². The maximum Gasteiger partial charge on any atom is 0.242 e. The van der Waals surface area contributed by atoms with Crippen LogP contribution in [0.3, 0.4) is 0 Å². The molecule has 1 fully saturated rings. The molecule has 0 aromatic heterocycles. The standard InChI is InChI=1S/C14H20N2O4S/c1-20-12-8-6-11(7-9-12)15-14(17)13-5-3-4-10-16(13)21(2,18)19/h6-9,13H,3-5,10H2,1-2H3,(H,15,17). The van der Waals surface area contributed by atoms with Gasteiger partial charge in [0.05, 0.1) is 13.4 Å². The zero-order valence-electron chi connectivity index (χ0n) is 12.2. The van der Waals surface area contributed by atoms with Gasteiger partial charge < -0.3 is 10.1 Å². The van der Waals surface area contributed by atoms with Gasteiger partial charge in [0.1, 0.15) is 11.8 Å². The van der Waals surface area contributed by atoms with E-state index in [4.69, 9.17) is 4.74 Å². The Balaban J connectivity index is 2.10. The number of piperidine rings is 1. The average molecular weight is 312 g/mol. The summed E-state index contributed by atoms with van der Waals surface area (Å²) in [6, 6.07) is 6.31. The molecule has 116 valence electrons. The van der Waals surface area contributed by atoms with Crippen LogP contribution in [0.25, 0.3) is 0 Å². The highest BCUT2D eigenvalue weighted by Gasteiger charge is 2.34. The Hall–Kier alpha value is -1.60. The second kappa shape index (κ2) is 6.44. The van der Waals surface area contributed by atoms with Crippen LogP contribution < -0.4 is 10.1 Å². The number of anilines is 1. The number of benzene rings is 1. The number of hydrogen-bond donors (Lipinski definition) is 1. The van der Waals surface area contributed by atoms with Crippen molar-refractivity contribution in [2.45, 2.75) is 25.3 Å². The van der Waals surface area contributed by atoms with Crippen molar-refractivity contribution in [3.8, 4) is 5.75 Å². The van der Waals surface area contributed by atoms with Gasteiger partial charge in [-0.05, 0) is 37.1 Å². The lowest BCUT2D eigenvalue weighted by Gasteiger charge is -2.32. The molecule has 0 radical (unpaired) electrons. The molecule has 1 aromatic carbocycles. The van der Waals surface area contributed by atoms with Gasteiger partial charge in [0.25, 0.3) is 0 Å². The first-order valence-electron chi connectivity index (χ1n) is 6.83. The first-order valence-corrected chi connectivity index (χ1v) is 8.68. The number of nitrogens with zero attached hydrogens (tertiary/aromatic N) is 1. The van der Waals surface area contributed by atoms with Crippen LogP contribution in [0.5, 0.6) is 5.75 Å². The Morgan fingerprint density at radius 3 is 2.52 bits per heavy atom. The van der Waals surface area contributed by atoms with Crippen LogP contribution in [0, 0.1) is 0 Å². The number of nitrogens with one attached hydrogen (secondary N) is 1. The van der Waals surface area contributed by atoms with E-state index in [0.29, 0.717) is 24.4 Å². The Morgan fingerprint density at radius 1 is 1.29 bits per heavy atom. The fraction of sp³-hybridized carbons (Fsp3) is 0.500. The molecule has 0 bridgehead atoms. The Bertz CT molecular complexity index is 598. The summed E-state index contributed by atoms with van der Waals surface area (Å²) < 4.78 is 29.9. The second-order valence-corrected chi connectivity index (χ2v) is 7.04. The number of methoxy groups -OCH3 is 1. The van der Waals surface area contributed by atoms with E-state index in [1.165, 1.54) is 4.31 Å². The first-order chi connectivity index (χ1) is 9.91. The van der Waals surface area contributed by atoms with E-state index in [1.54, 1.807) is 31.4 Å². The second-order valence-electron chi connectivity index (χ2n) is 5.10. The van der Waals surface area contributed by atoms with Crippen LogP contribution in [0.2, 0.25) is 0 Å². The van der Waals surface area contributed by atoms with E-state index in [0.717, 1.165) is 19.1 Å². The van der Waals surface area contributed by atoms with E-state index in [1.807, 2.05) is 0 Å². The summed E-state index contributed by atoms with van der Waals surface area (Å²) in [7, 11) is -1.80. The minimum Gasteiger partial charge on any atom is -0.497 e. The lowest BCUT2D eigenvalue weighted by Crippen LogP contribution is -2.49. The molecule has 1 N–H and O–H groups in total. The van der Waals surface area contributed by atoms with Crippen molar-refractivity contribution in [2.24, 2.45) is 0 Å². The molecule has 0 spiro atoms. The molecule has 1 heterocycles. The smallest absolute Gasteiger partial charge is 0.242 e. The SMILES string of the molecule is COc1ccc(NC(=O)C2CCCCN2S(C)(=O)=O)cc1. The Morgan fingerprint density at radius 2 is 1.95 bits per heavy atom. The Labute approximate surface area is 125 Å². The zero-order chi connectivity index (χ0) is 15.5. The van der Waals surface area contributed by atoms with Crippen LogP contribution >= 0.6 is 0 Å².